The van der Waals surface area contributed by atoms with Crippen LogP contribution in [0.25, 0.3) is 0 Å². The molecular formula is C19H19Cl2NO. The molecule has 23 heavy (non-hydrogen) atoms. The van der Waals surface area contributed by atoms with Gasteiger partial charge in [-0.2, -0.15) is 0 Å². The van der Waals surface area contributed by atoms with Gasteiger partial charge < -0.3 is 4.90 Å². The molecule has 0 saturated carbocycles. The Morgan fingerprint density at radius 1 is 1.26 bits per heavy atom. The summed E-state index contributed by atoms with van der Waals surface area (Å²) in [5.41, 5.74) is 4.20. The molecule has 120 valence electrons. The van der Waals surface area contributed by atoms with E-state index in [-0.39, 0.29) is 11.7 Å². The maximum absolute atomic E-state index is 12.0. The molecule has 0 fully saturated rings. The Kier molecular flexibility index (Phi) is 4.77. The Labute approximate surface area is 147 Å². The molecule has 2 nitrogen and oxygen atoms in total. The first-order chi connectivity index (χ1) is 11.0. The van der Waals surface area contributed by atoms with Crippen molar-refractivity contribution in [2.75, 3.05) is 13.6 Å². The second-order valence-electron chi connectivity index (χ2n) is 6.11. The van der Waals surface area contributed by atoms with Crippen molar-refractivity contribution in [3.63, 3.8) is 0 Å². The molecule has 1 atom stereocenters. The number of Topliss-reactive ketones (excluding diaryl/α,β-unsaturated/α-hetero) is 1. The Balaban J connectivity index is 2.09. The van der Waals surface area contributed by atoms with Gasteiger partial charge in [-0.3, -0.25) is 4.79 Å². The van der Waals surface area contributed by atoms with Gasteiger partial charge in [0.15, 0.2) is 5.78 Å². The van der Waals surface area contributed by atoms with Crippen LogP contribution in [0.1, 0.15) is 46.3 Å². The highest BCUT2D eigenvalue weighted by Gasteiger charge is 2.27. The van der Waals surface area contributed by atoms with Crippen LogP contribution in [0.4, 0.5) is 0 Å². The van der Waals surface area contributed by atoms with E-state index in [4.69, 9.17) is 23.2 Å². The second kappa shape index (κ2) is 6.64. The third-order valence-electron chi connectivity index (χ3n) is 4.42. The molecule has 2 aromatic carbocycles. The van der Waals surface area contributed by atoms with Gasteiger partial charge in [0, 0.05) is 41.0 Å². The minimum atomic E-state index is 0.167. The van der Waals surface area contributed by atoms with E-state index in [1.165, 1.54) is 5.56 Å². The maximum atomic E-state index is 12.0. The van der Waals surface area contributed by atoms with Crippen LogP contribution in [-0.2, 0) is 6.54 Å². The molecule has 2 aromatic rings. The minimum Gasteiger partial charge on any atom is -0.301 e. The molecule has 0 spiro atoms. The average molecular weight is 348 g/mol. The van der Waals surface area contributed by atoms with E-state index in [0.717, 1.165) is 29.8 Å². The summed E-state index contributed by atoms with van der Waals surface area (Å²) in [5.74, 6) is 0.338. The Morgan fingerprint density at radius 3 is 2.78 bits per heavy atom. The highest BCUT2D eigenvalue weighted by Crippen LogP contribution is 2.38. The maximum Gasteiger partial charge on any atom is 0.162 e. The van der Waals surface area contributed by atoms with E-state index in [0.29, 0.717) is 16.5 Å². The summed E-state index contributed by atoms with van der Waals surface area (Å²) >= 11 is 12.6. The largest absolute Gasteiger partial charge is 0.301 e. The zero-order chi connectivity index (χ0) is 16.6. The van der Waals surface area contributed by atoms with Gasteiger partial charge in [-0.1, -0.05) is 48.3 Å². The Morgan fingerprint density at radius 2 is 2.04 bits per heavy atom. The second-order valence-corrected chi connectivity index (χ2v) is 6.95. The van der Waals surface area contributed by atoms with Gasteiger partial charge in [-0.15, -0.1) is 0 Å². The Bertz CT molecular complexity index is 757. The summed E-state index contributed by atoms with van der Waals surface area (Å²) in [6.07, 6.45) is 0.516. The van der Waals surface area contributed by atoms with Gasteiger partial charge in [0.25, 0.3) is 0 Å². The van der Waals surface area contributed by atoms with Gasteiger partial charge >= 0.3 is 0 Å². The smallest absolute Gasteiger partial charge is 0.162 e. The average Bonchev–Trinajstić information content (AvgIpc) is 2.54. The minimum absolute atomic E-state index is 0.167. The van der Waals surface area contributed by atoms with Gasteiger partial charge in [0.05, 0.1) is 0 Å². The van der Waals surface area contributed by atoms with Crippen LogP contribution < -0.4 is 0 Å². The molecule has 1 aliphatic rings. The zero-order valence-corrected chi connectivity index (χ0v) is 14.8. The van der Waals surface area contributed by atoms with Crippen LogP contribution >= 0.6 is 23.2 Å². The number of halogens is 2. The number of fused-ring (bicyclic) bond motifs is 1. The lowest BCUT2D eigenvalue weighted by Gasteiger charge is -2.33. The highest BCUT2D eigenvalue weighted by molar-refractivity contribution is 6.35. The first-order valence-electron chi connectivity index (χ1n) is 7.79. The lowest BCUT2D eigenvalue weighted by atomic mass is 9.84. The molecule has 0 N–H and O–H groups in total. The summed E-state index contributed by atoms with van der Waals surface area (Å²) in [4.78, 5) is 14.3. The molecule has 0 amide bonds. The zero-order valence-electron chi connectivity index (χ0n) is 13.3. The van der Waals surface area contributed by atoms with E-state index < -0.39 is 0 Å². The summed E-state index contributed by atoms with van der Waals surface area (Å²) in [7, 11) is 2.09. The fourth-order valence-electron chi connectivity index (χ4n) is 3.26. The van der Waals surface area contributed by atoms with Crippen LogP contribution in [0.5, 0.6) is 0 Å². The number of benzene rings is 2. The summed E-state index contributed by atoms with van der Waals surface area (Å²) in [6, 6.07) is 11.7. The molecule has 0 radical (unpaired) electrons. The predicted octanol–water partition coefficient (Wildman–Crippen LogP) is 5.16. The number of ketones is 1. The molecule has 0 aliphatic carbocycles. The van der Waals surface area contributed by atoms with Crippen LogP contribution in [0.15, 0.2) is 36.4 Å². The molecule has 1 unspecified atom stereocenters. The third-order valence-corrected chi connectivity index (χ3v) is 4.98. The fraction of sp³-hybridized carbons (Fsp3) is 0.316. The summed E-state index contributed by atoms with van der Waals surface area (Å²) in [5, 5.41) is 1.37. The van der Waals surface area contributed by atoms with Crippen molar-refractivity contribution in [1.82, 2.24) is 4.90 Å². The number of carbonyl (C=O) groups excluding carboxylic acids is 1. The van der Waals surface area contributed by atoms with E-state index in [9.17, 15) is 4.79 Å². The lowest BCUT2D eigenvalue weighted by molar-refractivity contribution is 0.0988. The summed E-state index contributed by atoms with van der Waals surface area (Å²) in [6.45, 7) is 3.58. The van der Waals surface area contributed by atoms with Crippen molar-refractivity contribution in [3.8, 4) is 0 Å². The number of hydrogen-bond acceptors (Lipinski definition) is 2. The first-order valence-corrected chi connectivity index (χ1v) is 8.54. The lowest BCUT2D eigenvalue weighted by Crippen LogP contribution is -2.31. The molecule has 1 aliphatic heterocycles. The number of carbonyl (C=O) groups is 1. The molecular weight excluding hydrogens is 329 g/mol. The summed E-state index contributed by atoms with van der Waals surface area (Å²) < 4.78 is 0. The van der Waals surface area contributed by atoms with E-state index in [1.54, 1.807) is 6.07 Å². The Hall–Kier alpha value is -1.35. The van der Waals surface area contributed by atoms with Crippen molar-refractivity contribution >= 4 is 29.0 Å². The van der Waals surface area contributed by atoms with Gasteiger partial charge in [-0.25, -0.2) is 0 Å². The van der Waals surface area contributed by atoms with Gasteiger partial charge in [-0.05, 0) is 41.9 Å². The molecule has 4 heteroatoms. The van der Waals surface area contributed by atoms with Gasteiger partial charge in [0.1, 0.15) is 0 Å². The van der Waals surface area contributed by atoms with Crippen molar-refractivity contribution in [1.29, 1.82) is 0 Å². The number of rotatable bonds is 3. The van der Waals surface area contributed by atoms with Crippen LogP contribution in [0.2, 0.25) is 10.0 Å². The van der Waals surface area contributed by atoms with E-state index in [2.05, 4.69) is 18.0 Å². The van der Waals surface area contributed by atoms with Gasteiger partial charge in [0.2, 0.25) is 0 Å². The molecule has 0 aromatic heterocycles. The van der Waals surface area contributed by atoms with Crippen molar-refractivity contribution in [2.24, 2.45) is 0 Å². The monoisotopic (exact) mass is 347 g/mol. The topological polar surface area (TPSA) is 20.3 Å². The normalized spacial score (nSPS) is 17.8. The molecule has 3 rings (SSSR count). The highest BCUT2D eigenvalue weighted by atomic mass is 35.5. The SMILES string of the molecule is CCC(=O)c1cccc(C2CN(C)Cc3c(Cl)cc(Cl)cc32)c1. The third kappa shape index (κ3) is 3.30. The quantitative estimate of drug-likeness (QED) is 0.714. The van der Waals surface area contributed by atoms with Crippen molar-refractivity contribution in [3.05, 3.63) is 68.7 Å². The predicted molar refractivity (Wildman–Crippen MR) is 95.7 cm³/mol. The van der Waals surface area contributed by atoms with Crippen LogP contribution in [-0.4, -0.2) is 24.3 Å². The van der Waals surface area contributed by atoms with Crippen LogP contribution in [0, 0.1) is 0 Å². The fourth-order valence-corrected chi connectivity index (χ4v) is 3.83. The van der Waals surface area contributed by atoms with Crippen molar-refractivity contribution in [2.45, 2.75) is 25.8 Å². The first kappa shape index (κ1) is 16.5. The molecule has 0 saturated heterocycles. The molecule has 1 heterocycles. The van der Waals surface area contributed by atoms with E-state index >= 15 is 0 Å². The van der Waals surface area contributed by atoms with E-state index in [1.807, 2.05) is 31.2 Å². The number of likely N-dealkylation sites (N-methyl/N-ethyl adjacent to an activating group) is 1. The van der Waals surface area contributed by atoms with Crippen LogP contribution in [0.3, 0.4) is 0 Å². The standard InChI is InChI=1S/C19H19Cl2NO/c1-3-19(23)13-6-4-5-12(7-13)16-10-22(2)11-17-15(16)8-14(20)9-18(17)21/h4-9,16H,3,10-11H2,1-2H3. The molecule has 0 bridgehead atoms. The van der Waals surface area contributed by atoms with Crippen molar-refractivity contribution < 1.29 is 4.79 Å². The number of hydrogen-bond donors (Lipinski definition) is 0. The number of nitrogens with zero attached hydrogens (tertiary/aromatic N) is 1.